The average Bonchev–Trinajstić information content (AvgIpc) is 2.81. The Labute approximate surface area is 195 Å². The number of anilines is 1. The number of carbonyl (C=O) groups excluding carboxylic acids is 1. The lowest BCUT2D eigenvalue weighted by atomic mass is 9.95. The van der Waals surface area contributed by atoms with E-state index in [1.807, 2.05) is 4.90 Å². The molecule has 178 valence electrons. The Bertz CT molecular complexity index is 972. The molecule has 9 heteroatoms. The Balaban J connectivity index is 1.34. The number of alkyl halides is 3. The van der Waals surface area contributed by atoms with Crippen LogP contribution in [-0.4, -0.2) is 55.0 Å². The zero-order valence-corrected chi connectivity index (χ0v) is 18.9. The number of hydrogen-bond donors (Lipinski definition) is 0. The van der Waals surface area contributed by atoms with E-state index in [1.165, 1.54) is 12.1 Å². The maximum Gasteiger partial charge on any atom is 0.416 e. The van der Waals surface area contributed by atoms with Crippen LogP contribution in [0.2, 0.25) is 5.02 Å². The molecular formula is C24H26ClF4N3O. The fraction of sp³-hybridized carbons (Fsp3) is 0.458. The van der Waals surface area contributed by atoms with E-state index in [9.17, 15) is 22.4 Å². The fourth-order valence-electron chi connectivity index (χ4n) is 4.63. The van der Waals surface area contributed by atoms with Gasteiger partial charge in [-0.15, -0.1) is 0 Å². The van der Waals surface area contributed by atoms with Gasteiger partial charge in [0.2, 0.25) is 5.91 Å². The van der Waals surface area contributed by atoms with E-state index in [0.29, 0.717) is 55.5 Å². The third-order valence-corrected chi connectivity index (χ3v) is 6.78. The number of rotatable bonds is 4. The van der Waals surface area contributed by atoms with Crippen molar-refractivity contribution < 1.29 is 22.4 Å². The lowest BCUT2D eigenvalue weighted by Crippen LogP contribution is -2.52. The Hall–Kier alpha value is -2.32. The van der Waals surface area contributed by atoms with Crippen LogP contribution in [0, 0.1) is 11.7 Å². The first-order valence-electron chi connectivity index (χ1n) is 11.1. The van der Waals surface area contributed by atoms with Crippen LogP contribution in [0.5, 0.6) is 0 Å². The van der Waals surface area contributed by atoms with Crippen LogP contribution >= 0.6 is 11.6 Å². The number of carbonyl (C=O) groups is 1. The zero-order valence-electron chi connectivity index (χ0n) is 18.1. The smallest absolute Gasteiger partial charge is 0.368 e. The molecule has 2 aliphatic rings. The molecule has 2 aliphatic heterocycles. The number of hydrogen-bond acceptors (Lipinski definition) is 3. The molecule has 33 heavy (non-hydrogen) atoms. The molecule has 0 bridgehead atoms. The van der Waals surface area contributed by atoms with Crippen LogP contribution in [0.15, 0.2) is 42.5 Å². The molecule has 0 aliphatic carbocycles. The lowest BCUT2D eigenvalue weighted by Gasteiger charge is -2.40. The van der Waals surface area contributed by atoms with Crippen molar-refractivity contribution in [2.75, 3.05) is 44.2 Å². The van der Waals surface area contributed by atoms with Gasteiger partial charge in [-0.1, -0.05) is 23.7 Å². The molecule has 2 heterocycles. The van der Waals surface area contributed by atoms with E-state index >= 15 is 0 Å². The van der Waals surface area contributed by atoms with E-state index in [0.717, 1.165) is 31.5 Å². The summed E-state index contributed by atoms with van der Waals surface area (Å²) in [6.45, 7) is 3.56. The second kappa shape index (κ2) is 9.89. The van der Waals surface area contributed by atoms with Crippen LogP contribution < -0.4 is 4.90 Å². The second-order valence-corrected chi connectivity index (χ2v) is 9.04. The second-order valence-electron chi connectivity index (χ2n) is 8.63. The summed E-state index contributed by atoms with van der Waals surface area (Å²) in [6.07, 6.45) is -2.77. The summed E-state index contributed by atoms with van der Waals surface area (Å²) in [4.78, 5) is 18.9. The predicted octanol–water partition coefficient (Wildman–Crippen LogP) is 5.06. The molecule has 2 aromatic carbocycles. The summed E-state index contributed by atoms with van der Waals surface area (Å²) in [7, 11) is 0. The van der Waals surface area contributed by atoms with E-state index in [1.54, 1.807) is 23.1 Å². The highest BCUT2D eigenvalue weighted by Crippen LogP contribution is 2.32. The van der Waals surface area contributed by atoms with Crippen molar-refractivity contribution >= 4 is 23.2 Å². The van der Waals surface area contributed by atoms with E-state index in [-0.39, 0.29) is 17.6 Å². The number of halogens is 5. The summed E-state index contributed by atoms with van der Waals surface area (Å²) < 4.78 is 53.2. The standard InChI is InChI=1S/C24H26ClF4N3O/c25-21-7-2-8-22(26)20(21)16-30-9-3-4-17(15-30)23(33)32-12-10-31(11-13-32)19-6-1-5-18(14-19)24(27,28)29/h1-2,5-8,14,17H,3-4,9-13,15-16H2. The highest BCUT2D eigenvalue weighted by molar-refractivity contribution is 6.31. The maximum atomic E-state index is 14.2. The van der Waals surface area contributed by atoms with Gasteiger partial charge in [0.1, 0.15) is 5.82 Å². The van der Waals surface area contributed by atoms with Crippen LogP contribution in [0.1, 0.15) is 24.0 Å². The lowest BCUT2D eigenvalue weighted by molar-refractivity contribution is -0.138. The first-order valence-corrected chi connectivity index (χ1v) is 11.5. The van der Waals surface area contributed by atoms with Gasteiger partial charge in [0.15, 0.2) is 0 Å². The normalized spacial score (nSPS) is 20.2. The summed E-state index contributed by atoms with van der Waals surface area (Å²) >= 11 is 6.16. The van der Waals surface area contributed by atoms with Gasteiger partial charge < -0.3 is 9.80 Å². The zero-order chi connectivity index (χ0) is 23.6. The predicted molar refractivity (Wildman–Crippen MR) is 120 cm³/mol. The number of piperidine rings is 1. The number of amides is 1. The average molecular weight is 484 g/mol. The SMILES string of the molecule is O=C(C1CCCN(Cc2c(F)cccc2Cl)C1)N1CCN(c2cccc(C(F)(F)F)c2)CC1. The largest absolute Gasteiger partial charge is 0.416 e. The topological polar surface area (TPSA) is 26.8 Å². The summed E-state index contributed by atoms with van der Waals surface area (Å²) in [5.74, 6) is -0.464. The molecule has 2 fully saturated rings. The van der Waals surface area contributed by atoms with Crippen LogP contribution in [0.3, 0.4) is 0 Å². The Kier molecular flexibility index (Phi) is 7.14. The highest BCUT2D eigenvalue weighted by Gasteiger charge is 2.33. The van der Waals surface area contributed by atoms with Gasteiger partial charge in [0.25, 0.3) is 0 Å². The molecule has 0 radical (unpaired) electrons. The van der Waals surface area contributed by atoms with E-state index in [2.05, 4.69) is 4.90 Å². The van der Waals surface area contributed by atoms with Crippen molar-refractivity contribution in [3.63, 3.8) is 0 Å². The Morgan fingerprint density at radius 2 is 1.76 bits per heavy atom. The molecule has 1 unspecified atom stereocenters. The minimum Gasteiger partial charge on any atom is -0.368 e. The van der Waals surface area contributed by atoms with Gasteiger partial charge in [-0.25, -0.2) is 4.39 Å². The number of nitrogens with zero attached hydrogens (tertiary/aromatic N) is 3. The van der Waals surface area contributed by atoms with Gasteiger partial charge in [-0.3, -0.25) is 9.69 Å². The van der Waals surface area contributed by atoms with Gasteiger partial charge >= 0.3 is 6.18 Å². The Morgan fingerprint density at radius 1 is 1.03 bits per heavy atom. The molecule has 0 spiro atoms. The molecule has 0 aromatic heterocycles. The fourth-order valence-corrected chi connectivity index (χ4v) is 4.85. The van der Waals surface area contributed by atoms with E-state index in [4.69, 9.17) is 11.6 Å². The third kappa shape index (κ3) is 5.61. The van der Waals surface area contributed by atoms with Crippen LogP contribution in [-0.2, 0) is 17.5 Å². The van der Waals surface area contributed by atoms with Crippen molar-refractivity contribution in [2.24, 2.45) is 5.92 Å². The van der Waals surface area contributed by atoms with Crippen molar-refractivity contribution in [1.82, 2.24) is 9.80 Å². The quantitative estimate of drug-likeness (QED) is 0.569. The highest BCUT2D eigenvalue weighted by atomic mass is 35.5. The molecule has 1 atom stereocenters. The number of piperazine rings is 1. The van der Waals surface area contributed by atoms with Crippen molar-refractivity contribution in [3.8, 4) is 0 Å². The molecule has 1 amide bonds. The monoisotopic (exact) mass is 483 g/mol. The number of benzene rings is 2. The van der Waals surface area contributed by atoms with Gasteiger partial charge in [0, 0.05) is 55.5 Å². The van der Waals surface area contributed by atoms with E-state index < -0.39 is 11.7 Å². The molecule has 0 N–H and O–H groups in total. The molecule has 4 rings (SSSR count). The maximum absolute atomic E-state index is 14.2. The minimum absolute atomic E-state index is 0.0584. The summed E-state index contributed by atoms with van der Waals surface area (Å²) in [6, 6.07) is 9.92. The molecule has 2 aromatic rings. The molecule has 0 saturated carbocycles. The van der Waals surface area contributed by atoms with Gasteiger partial charge in [0.05, 0.1) is 11.5 Å². The van der Waals surface area contributed by atoms with Crippen LogP contribution in [0.25, 0.3) is 0 Å². The van der Waals surface area contributed by atoms with Crippen LogP contribution in [0.4, 0.5) is 23.2 Å². The molecule has 2 saturated heterocycles. The Morgan fingerprint density at radius 3 is 2.45 bits per heavy atom. The summed E-state index contributed by atoms with van der Waals surface area (Å²) in [5, 5.41) is 0.383. The number of likely N-dealkylation sites (tertiary alicyclic amines) is 1. The van der Waals surface area contributed by atoms with Crippen molar-refractivity contribution in [1.29, 1.82) is 0 Å². The molecular weight excluding hydrogens is 458 g/mol. The van der Waals surface area contributed by atoms with Crippen molar-refractivity contribution in [2.45, 2.75) is 25.6 Å². The minimum atomic E-state index is -4.38. The molecule has 4 nitrogen and oxygen atoms in total. The van der Waals surface area contributed by atoms with Gasteiger partial charge in [-0.05, 0) is 49.7 Å². The van der Waals surface area contributed by atoms with Gasteiger partial charge in [-0.2, -0.15) is 13.2 Å². The van der Waals surface area contributed by atoms with Crippen molar-refractivity contribution in [3.05, 3.63) is 64.4 Å². The summed E-state index contributed by atoms with van der Waals surface area (Å²) in [5.41, 5.74) is 0.292. The first kappa shape index (κ1) is 23.8. The third-order valence-electron chi connectivity index (χ3n) is 6.43. The first-order chi connectivity index (χ1) is 15.7.